The topological polar surface area (TPSA) is 35.9 Å². The Hall–Kier alpha value is -0.780. The third kappa shape index (κ3) is 3.65. The summed E-state index contributed by atoms with van der Waals surface area (Å²) < 4.78 is 6.17. The summed E-state index contributed by atoms with van der Waals surface area (Å²) >= 11 is 3.40. The highest BCUT2D eigenvalue weighted by molar-refractivity contribution is 9.10. The van der Waals surface area contributed by atoms with E-state index in [1.54, 1.807) is 0 Å². The van der Waals surface area contributed by atoms with E-state index in [2.05, 4.69) is 39.7 Å². The van der Waals surface area contributed by atoms with Crippen molar-refractivity contribution in [2.24, 2.45) is 0 Å². The quantitative estimate of drug-likeness (QED) is 0.912. The zero-order valence-electron chi connectivity index (χ0n) is 12.4. The van der Waals surface area contributed by atoms with E-state index in [0.717, 1.165) is 31.7 Å². The van der Waals surface area contributed by atoms with Crippen LogP contribution >= 0.6 is 15.9 Å². The predicted octanol–water partition coefficient (Wildman–Crippen LogP) is 2.69. The lowest BCUT2D eigenvalue weighted by molar-refractivity contribution is 0.0999. The summed E-state index contributed by atoms with van der Waals surface area (Å²) in [5, 5.41) is 9.94. The molecule has 2 rings (SSSR count). The number of rotatable bonds is 4. The van der Waals surface area contributed by atoms with E-state index in [9.17, 15) is 5.11 Å². The molecule has 0 bridgehead atoms. The summed E-state index contributed by atoms with van der Waals surface area (Å²) in [4.78, 5) is 4.83. The molecule has 4 nitrogen and oxygen atoms in total. The van der Waals surface area contributed by atoms with Gasteiger partial charge in [0.05, 0.1) is 11.1 Å². The second kappa shape index (κ2) is 6.78. The molecule has 0 saturated carbocycles. The molecule has 1 N–H and O–H groups in total. The number of phenolic OH excluding ortho intramolecular Hbond substituents is 1. The van der Waals surface area contributed by atoms with Crippen molar-refractivity contribution in [3.63, 3.8) is 0 Å². The van der Waals surface area contributed by atoms with Crippen LogP contribution in [0.15, 0.2) is 16.6 Å². The molecular weight excluding hydrogens is 320 g/mol. The molecule has 1 aromatic rings. The molecule has 0 amide bonds. The highest BCUT2D eigenvalue weighted by Gasteiger charge is 2.21. The highest BCUT2D eigenvalue weighted by atomic mass is 79.9. The number of aromatic hydroxyl groups is 1. The Morgan fingerprint density at radius 1 is 1.40 bits per heavy atom. The van der Waals surface area contributed by atoms with E-state index in [0.29, 0.717) is 22.9 Å². The van der Waals surface area contributed by atoms with Gasteiger partial charge in [0.2, 0.25) is 0 Å². The molecule has 0 radical (unpaired) electrons. The number of phenols is 1. The molecule has 1 aliphatic rings. The lowest BCUT2D eigenvalue weighted by Crippen LogP contribution is -2.49. The number of ether oxygens (including phenoxy) is 1. The lowest BCUT2D eigenvalue weighted by atomic mass is 10.1. The first-order valence-corrected chi connectivity index (χ1v) is 7.87. The van der Waals surface area contributed by atoms with Gasteiger partial charge in [0.15, 0.2) is 11.5 Å². The second-order valence-corrected chi connectivity index (χ2v) is 6.28. The number of nitrogens with zero attached hydrogens (tertiary/aromatic N) is 2. The summed E-state index contributed by atoms with van der Waals surface area (Å²) in [7, 11) is 2.17. The van der Waals surface area contributed by atoms with E-state index in [4.69, 9.17) is 4.74 Å². The summed E-state index contributed by atoms with van der Waals surface area (Å²) in [6.45, 7) is 8.85. The molecule has 0 spiro atoms. The van der Waals surface area contributed by atoms with E-state index in [1.807, 2.05) is 19.1 Å². The van der Waals surface area contributed by atoms with Crippen molar-refractivity contribution in [3.05, 3.63) is 22.2 Å². The summed E-state index contributed by atoms with van der Waals surface area (Å²) in [5.74, 6) is 0.737. The number of hydrogen-bond acceptors (Lipinski definition) is 4. The molecule has 1 fully saturated rings. The van der Waals surface area contributed by atoms with Crippen molar-refractivity contribution in [2.75, 3.05) is 33.3 Å². The fourth-order valence-electron chi connectivity index (χ4n) is 2.51. The van der Waals surface area contributed by atoms with Gasteiger partial charge in [-0.2, -0.15) is 0 Å². The van der Waals surface area contributed by atoms with Crippen LogP contribution in [0.3, 0.4) is 0 Å². The van der Waals surface area contributed by atoms with Crippen molar-refractivity contribution in [1.29, 1.82) is 0 Å². The molecule has 20 heavy (non-hydrogen) atoms. The first-order chi connectivity index (χ1) is 9.51. The Morgan fingerprint density at radius 3 is 2.80 bits per heavy atom. The molecule has 0 aliphatic carbocycles. The van der Waals surface area contributed by atoms with Crippen LogP contribution in [0.5, 0.6) is 11.5 Å². The van der Waals surface area contributed by atoms with Gasteiger partial charge in [0, 0.05) is 32.2 Å². The van der Waals surface area contributed by atoms with Gasteiger partial charge in [-0.1, -0.05) is 0 Å². The van der Waals surface area contributed by atoms with Gasteiger partial charge in [-0.15, -0.1) is 0 Å². The normalized spacial score (nSPS) is 21.1. The van der Waals surface area contributed by atoms with Crippen molar-refractivity contribution >= 4 is 15.9 Å². The molecule has 1 unspecified atom stereocenters. The molecule has 1 aliphatic heterocycles. The van der Waals surface area contributed by atoms with Gasteiger partial charge < -0.3 is 14.7 Å². The summed E-state index contributed by atoms with van der Waals surface area (Å²) in [6.07, 6.45) is 0. The Morgan fingerprint density at radius 2 is 2.15 bits per heavy atom. The van der Waals surface area contributed by atoms with Crippen LogP contribution < -0.4 is 4.74 Å². The van der Waals surface area contributed by atoms with E-state index in [1.165, 1.54) is 0 Å². The van der Waals surface area contributed by atoms with Crippen LogP contribution in [0.25, 0.3) is 0 Å². The van der Waals surface area contributed by atoms with Crippen LogP contribution in [0.2, 0.25) is 0 Å². The number of benzene rings is 1. The average Bonchev–Trinajstić information content (AvgIpc) is 2.40. The van der Waals surface area contributed by atoms with Crippen LogP contribution in [-0.4, -0.2) is 54.2 Å². The van der Waals surface area contributed by atoms with Gasteiger partial charge in [0.1, 0.15) is 0 Å². The van der Waals surface area contributed by atoms with Crippen LogP contribution in [0, 0.1) is 0 Å². The number of halogens is 1. The van der Waals surface area contributed by atoms with Crippen LogP contribution in [-0.2, 0) is 6.54 Å². The first kappa shape index (κ1) is 15.6. The van der Waals surface area contributed by atoms with Gasteiger partial charge in [-0.25, -0.2) is 0 Å². The third-order valence-electron chi connectivity index (χ3n) is 3.84. The number of likely N-dealkylation sites (N-methyl/N-ethyl adjacent to an activating group) is 1. The molecule has 1 atom stereocenters. The lowest BCUT2D eigenvalue weighted by Gasteiger charge is -2.37. The van der Waals surface area contributed by atoms with Crippen molar-refractivity contribution in [3.8, 4) is 11.5 Å². The molecule has 1 saturated heterocycles. The van der Waals surface area contributed by atoms with Crippen LogP contribution in [0.1, 0.15) is 19.4 Å². The third-order valence-corrected chi connectivity index (χ3v) is 4.44. The van der Waals surface area contributed by atoms with Crippen LogP contribution in [0.4, 0.5) is 0 Å². The molecular formula is C15H23BrN2O2. The largest absolute Gasteiger partial charge is 0.503 e. The van der Waals surface area contributed by atoms with Crippen molar-refractivity contribution in [1.82, 2.24) is 9.80 Å². The summed E-state index contributed by atoms with van der Waals surface area (Å²) in [5.41, 5.74) is 1.16. The maximum Gasteiger partial charge on any atom is 0.172 e. The molecule has 112 valence electrons. The summed E-state index contributed by atoms with van der Waals surface area (Å²) in [6, 6.07) is 4.49. The maximum absolute atomic E-state index is 9.94. The molecule has 5 heteroatoms. The second-order valence-electron chi connectivity index (χ2n) is 5.42. The zero-order valence-corrected chi connectivity index (χ0v) is 14.0. The van der Waals surface area contributed by atoms with Crippen molar-refractivity contribution < 1.29 is 9.84 Å². The monoisotopic (exact) mass is 342 g/mol. The number of hydrogen-bond donors (Lipinski definition) is 1. The minimum absolute atomic E-state index is 0.183. The first-order valence-electron chi connectivity index (χ1n) is 7.08. The fraction of sp³-hybridized carbons (Fsp3) is 0.600. The van der Waals surface area contributed by atoms with E-state index in [-0.39, 0.29) is 5.75 Å². The highest BCUT2D eigenvalue weighted by Crippen LogP contribution is 2.35. The zero-order chi connectivity index (χ0) is 14.7. The Bertz CT molecular complexity index is 467. The van der Waals surface area contributed by atoms with Crippen molar-refractivity contribution in [2.45, 2.75) is 26.4 Å². The van der Waals surface area contributed by atoms with Gasteiger partial charge in [0.25, 0.3) is 0 Å². The minimum atomic E-state index is 0.183. The van der Waals surface area contributed by atoms with E-state index < -0.39 is 0 Å². The average molecular weight is 343 g/mol. The minimum Gasteiger partial charge on any atom is -0.503 e. The smallest absolute Gasteiger partial charge is 0.172 e. The molecule has 0 aromatic heterocycles. The van der Waals surface area contributed by atoms with Gasteiger partial charge in [-0.05, 0) is 54.5 Å². The Labute approximate surface area is 129 Å². The van der Waals surface area contributed by atoms with Gasteiger partial charge >= 0.3 is 0 Å². The van der Waals surface area contributed by atoms with Gasteiger partial charge in [-0.3, -0.25) is 4.90 Å². The molecule has 1 heterocycles. The molecule has 1 aromatic carbocycles. The predicted molar refractivity (Wildman–Crippen MR) is 84.3 cm³/mol. The van der Waals surface area contributed by atoms with E-state index >= 15 is 0 Å². The Kier molecular flexibility index (Phi) is 5.29. The number of piperazine rings is 1. The standard InChI is InChI=1S/C15H23BrN2O2/c1-4-20-14-8-12(7-13(16)15(14)19)10-18-6-5-17(3)11(2)9-18/h7-8,11,19H,4-6,9-10H2,1-3H3. The Balaban J connectivity index is 2.09. The fourth-order valence-corrected chi connectivity index (χ4v) is 3.00. The maximum atomic E-state index is 9.94. The SMILES string of the molecule is CCOc1cc(CN2CCN(C)C(C)C2)cc(Br)c1O.